The van der Waals surface area contributed by atoms with Crippen molar-refractivity contribution in [2.75, 3.05) is 13.1 Å². The second kappa shape index (κ2) is 8.61. The minimum absolute atomic E-state index is 0.209. The summed E-state index contributed by atoms with van der Waals surface area (Å²) in [4.78, 5) is 20.7. The maximum Gasteiger partial charge on any atom is 0.176 e. The van der Waals surface area contributed by atoms with Crippen molar-refractivity contribution in [3.8, 4) is 33.1 Å². The van der Waals surface area contributed by atoms with Gasteiger partial charge in [0.05, 0.1) is 16.9 Å². The average molecular weight is 496 g/mol. The Kier molecular flexibility index (Phi) is 5.11. The maximum atomic E-state index is 13.7. The Morgan fingerprint density at radius 3 is 2.81 bits per heavy atom. The molecule has 1 saturated heterocycles. The number of hydrogen-bond acceptors (Lipinski definition) is 6. The molecule has 36 heavy (non-hydrogen) atoms. The number of pyridine rings is 3. The van der Waals surface area contributed by atoms with E-state index >= 15 is 0 Å². The van der Waals surface area contributed by atoms with Crippen LogP contribution < -0.4 is 0 Å². The van der Waals surface area contributed by atoms with Gasteiger partial charge in [0.1, 0.15) is 16.9 Å². The summed E-state index contributed by atoms with van der Waals surface area (Å²) in [6, 6.07) is 13.4. The molecule has 178 valence electrons. The number of nitrogens with zero attached hydrogens (tertiary/aromatic N) is 5. The highest BCUT2D eigenvalue weighted by molar-refractivity contribution is 7.14. The number of fused-ring (bicyclic) bond motifs is 2. The summed E-state index contributed by atoms with van der Waals surface area (Å²) >= 11 is 1.12. The van der Waals surface area contributed by atoms with Crippen LogP contribution in [0.15, 0.2) is 61.1 Å². The standard InChI is InChI=1S/C27H22FN7S/c28-24-6-5-23(36-24)18-7-8-30-27-19(18)12-22(32-27)26-25-21(33-34-26)4-3-20(31-25)17-11-16(13-29-14-17)15-35-9-1-2-10-35/h3-8,11-14H,1-2,9-10,15H2,(H,30,32)(H,33,34). The van der Waals surface area contributed by atoms with Gasteiger partial charge in [-0.05, 0) is 74.0 Å². The van der Waals surface area contributed by atoms with Crippen LogP contribution in [0.1, 0.15) is 18.4 Å². The van der Waals surface area contributed by atoms with Crippen molar-refractivity contribution < 1.29 is 4.39 Å². The molecule has 1 aliphatic rings. The quantitative estimate of drug-likeness (QED) is 0.305. The Hall–Kier alpha value is -3.95. The number of likely N-dealkylation sites (tertiary alicyclic amines) is 1. The zero-order valence-corrected chi connectivity index (χ0v) is 20.1. The fourth-order valence-corrected chi connectivity index (χ4v) is 5.76. The van der Waals surface area contributed by atoms with Crippen molar-refractivity contribution in [3.05, 3.63) is 71.7 Å². The molecule has 0 aliphatic carbocycles. The molecular formula is C27H22FN7S. The first-order chi connectivity index (χ1) is 17.7. The molecule has 0 aromatic carbocycles. The Balaban J connectivity index is 1.28. The van der Waals surface area contributed by atoms with Crippen molar-refractivity contribution in [1.29, 1.82) is 0 Å². The predicted octanol–water partition coefficient (Wildman–Crippen LogP) is 6.03. The molecule has 0 unspecified atom stereocenters. The minimum Gasteiger partial charge on any atom is -0.338 e. The lowest BCUT2D eigenvalue weighted by atomic mass is 10.1. The first kappa shape index (κ1) is 21.3. The second-order valence-electron chi connectivity index (χ2n) is 9.14. The number of rotatable bonds is 5. The lowest BCUT2D eigenvalue weighted by Crippen LogP contribution is -2.18. The molecule has 7 nitrogen and oxygen atoms in total. The second-order valence-corrected chi connectivity index (χ2v) is 10.2. The Bertz CT molecular complexity index is 1710. The van der Waals surface area contributed by atoms with Gasteiger partial charge >= 0.3 is 0 Å². The van der Waals surface area contributed by atoms with Crippen LogP contribution >= 0.6 is 11.3 Å². The normalized spacial score (nSPS) is 14.4. The van der Waals surface area contributed by atoms with Gasteiger partial charge in [0, 0.05) is 46.5 Å². The zero-order valence-electron chi connectivity index (χ0n) is 19.3. The molecule has 0 spiro atoms. The molecular weight excluding hydrogens is 473 g/mol. The van der Waals surface area contributed by atoms with E-state index in [1.54, 1.807) is 12.3 Å². The van der Waals surface area contributed by atoms with Crippen LogP contribution in [0.5, 0.6) is 0 Å². The summed E-state index contributed by atoms with van der Waals surface area (Å²) in [5, 5.41) is 8.37. The van der Waals surface area contributed by atoms with Crippen molar-refractivity contribution in [3.63, 3.8) is 0 Å². The molecule has 7 rings (SSSR count). The zero-order chi connectivity index (χ0) is 24.1. The van der Waals surface area contributed by atoms with Crippen molar-refractivity contribution in [1.82, 2.24) is 35.0 Å². The molecule has 0 radical (unpaired) electrons. The molecule has 0 bridgehead atoms. The van der Waals surface area contributed by atoms with Gasteiger partial charge in [-0.15, -0.1) is 11.3 Å². The van der Waals surface area contributed by atoms with Gasteiger partial charge in [-0.1, -0.05) is 0 Å². The highest BCUT2D eigenvalue weighted by Gasteiger charge is 2.17. The number of thiophene rings is 1. The van der Waals surface area contributed by atoms with Gasteiger partial charge in [0.25, 0.3) is 0 Å². The summed E-state index contributed by atoms with van der Waals surface area (Å²) in [6.45, 7) is 3.21. The summed E-state index contributed by atoms with van der Waals surface area (Å²) in [5.74, 6) is 0. The average Bonchev–Trinajstić information content (AvgIpc) is 3.70. The van der Waals surface area contributed by atoms with E-state index < -0.39 is 0 Å². The van der Waals surface area contributed by atoms with Crippen molar-refractivity contribution >= 4 is 33.4 Å². The first-order valence-corrected chi connectivity index (χ1v) is 12.8. The molecule has 2 N–H and O–H groups in total. The molecule has 0 saturated carbocycles. The van der Waals surface area contributed by atoms with E-state index in [1.165, 1.54) is 24.5 Å². The molecule has 9 heteroatoms. The minimum atomic E-state index is -0.209. The highest BCUT2D eigenvalue weighted by atomic mass is 32.1. The molecule has 6 aromatic rings. The number of halogens is 1. The van der Waals surface area contributed by atoms with Crippen LogP contribution in [-0.2, 0) is 6.54 Å². The van der Waals surface area contributed by atoms with Gasteiger partial charge in [0.15, 0.2) is 5.13 Å². The maximum absolute atomic E-state index is 13.7. The van der Waals surface area contributed by atoms with Crippen LogP contribution in [0.25, 0.3) is 55.2 Å². The van der Waals surface area contributed by atoms with Crippen molar-refractivity contribution in [2.45, 2.75) is 19.4 Å². The topological polar surface area (TPSA) is 86.4 Å². The van der Waals surface area contributed by atoms with Gasteiger partial charge in [-0.2, -0.15) is 9.49 Å². The van der Waals surface area contributed by atoms with Crippen LogP contribution in [-0.4, -0.2) is 48.1 Å². The number of H-pyrrole nitrogens is 2. The van der Waals surface area contributed by atoms with Gasteiger partial charge in [0.2, 0.25) is 0 Å². The van der Waals surface area contributed by atoms with E-state index in [2.05, 4.69) is 36.1 Å². The number of hydrogen-bond donors (Lipinski definition) is 2. The highest BCUT2D eigenvalue weighted by Crippen LogP contribution is 2.35. The number of aromatic amines is 2. The number of nitrogens with one attached hydrogen (secondary N) is 2. The van der Waals surface area contributed by atoms with Gasteiger partial charge < -0.3 is 4.98 Å². The third-order valence-electron chi connectivity index (χ3n) is 6.73. The van der Waals surface area contributed by atoms with Crippen LogP contribution in [0, 0.1) is 5.13 Å². The molecule has 0 atom stereocenters. The van der Waals surface area contributed by atoms with Gasteiger partial charge in [-0.3, -0.25) is 15.0 Å². The largest absolute Gasteiger partial charge is 0.338 e. The molecule has 1 fully saturated rings. The Morgan fingerprint density at radius 1 is 1.03 bits per heavy atom. The first-order valence-electron chi connectivity index (χ1n) is 12.0. The van der Waals surface area contributed by atoms with E-state index in [1.807, 2.05) is 36.7 Å². The van der Waals surface area contributed by atoms with E-state index in [9.17, 15) is 4.39 Å². The van der Waals surface area contributed by atoms with Gasteiger partial charge in [-0.25, -0.2) is 9.97 Å². The van der Waals surface area contributed by atoms with E-state index in [0.29, 0.717) is 5.69 Å². The lowest BCUT2D eigenvalue weighted by molar-refractivity contribution is 0.331. The summed E-state index contributed by atoms with van der Waals surface area (Å²) in [6.07, 6.45) is 8.07. The third kappa shape index (κ3) is 3.77. The van der Waals surface area contributed by atoms with E-state index in [0.717, 1.165) is 80.4 Å². The third-order valence-corrected chi connectivity index (χ3v) is 7.64. The fraction of sp³-hybridized carbons (Fsp3) is 0.185. The monoisotopic (exact) mass is 495 g/mol. The molecule has 6 aromatic heterocycles. The molecule has 7 heterocycles. The lowest BCUT2D eigenvalue weighted by Gasteiger charge is -2.14. The van der Waals surface area contributed by atoms with Crippen LogP contribution in [0.4, 0.5) is 4.39 Å². The van der Waals surface area contributed by atoms with Crippen LogP contribution in [0.2, 0.25) is 0 Å². The Labute approximate surface area is 210 Å². The molecule has 0 amide bonds. The smallest absolute Gasteiger partial charge is 0.176 e. The number of aromatic nitrogens is 6. The summed E-state index contributed by atoms with van der Waals surface area (Å²) in [5.41, 5.74) is 7.84. The van der Waals surface area contributed by atoms with Crippen LogP contribution in [0.3, 0.4) is 0 Å². The van der Waals surface area contributed by atoms with E-state index in [4.69, 9.17) is 4.98 Å². The SMILES string of the molecule is Fc1ccc(-c2ccnc3[nH]c(-c4n[nH]c5ccc(-c6cncc(CN7CCCC7)c6)nc45)cc23)s1. The van der Waals surface area contributed by atoms with E-state index in [-0.39, 0.29) is 5.13 Å². The fourth-order valence-electron chi connectivity index (χ4n) is 4.99. The Morgan fingerprint density at radius 2 is 1.94 bits per heavy atom. The predicted molar refractivity (Wildman–Crippen MR) is 140 cm³/mol. The summed E-state index contributed by atoms with van der Waals surface area (Å²) < 4.78 is 13.7. The summed E-state index contributed by atoms with van der Waals surface area (Å²) in [7, 11) is 0. The molecule has 1 aliphatic heterocycles. The van der Waals surface area contributed by atoms with Crippen molar-refractivity contribution in [2.24, 2.45) is 0 Å².